The van der Waals surface area contributed by atoms with Crippen LogP contribution < -0.4 is 0 Å². The molecule has 0 radical (unpaired) electrons. The molecule has 2 fully saturated rings. The summed E-state index contributed by atoms with van der Waals surface area (Å²) in [6.45, 7) is 1.22. The van der Waals surface area contributed by atoms with E-state index in [2.05, 4.69) is 11.9 Å². The van der Waals surface area contributed by atoms with E-state index in [1.165, 1.54) is 32.2 Å². The second kappa shape index (κ2) is 2.51. The molecule has 1 heterocycles. The first-order valence-corrected chi connectivity index (χ1v) is 4.22. The molecule has 0 N–H and O–H groups in total. The zero-order chi connectivity index (χ0) is 6.97. The number of likely N-dealkylation sites (tertiary alicyclic amines) is 1. The third-order valence-corrected chi connectivity index (χ3v) is 2.33. The van der Waals surface area contributed by atoms with Crippen LogP contribution in [0.5, 0.6) is 0 Å². The Morgan fingerprint density at radius 1 is 1.30 bits per heavy atom. The molecule has 1 atom stereocenters. The fourth-order valence-corrected chi connectivity index (χ4v) is 1.48. The van der Waals surface area contributed by atoms with Gasteiger partial charge < -0.3 is 4.74 Å². The molecule has 2 rings (SSSR count). The minimum absolute atomic E-state index is 0.451. The molecule has 1 saturated heterocycles. The summed E-state index contributed by atoms with van der Waals surface area (Å²) in [6, 6.07) is 0. The minimum Gasteiger partial charge on any atom is -0.360 e. The second-order valence-corrected chi connectivity index (χ2v) is 3.41. The standard InChI is InChI=1S/C8H15NO/c1-9-6-2-3-8(9)10-7-4-5-7/h7-8H,2-6H2,1H3. The molecule has 58 valence electrons. The first kappa shape index (κ1) is 6.62. The SMILES string of the molecule is CN1CCCC1OC1CC1. The molecule has 1 saturated carbocycles. The lowest BCUT2D eigenvalue weighted by molar-refractivity contribution is -0.0338. The van der Waals surface area contributed by atoms with Gasteiger partial charge in [0, 0.05) is 6.54 Å². The van der Waals surface area contributed by atoms with Crippen molar-refractivity contribution in [3.8, 4) is 0 Å². The van der Waals surface area contributed by atoms with E-state index < -0.39 is 0 Å². The maximum Gasteiger partial charge on any atom is 0.110 e. The van der Waals surface area contributed by atoms with Gasteiger partial charge in [0.2, 0.25) is 0 Å². The van der Waals surface area contributed by atoms with Gasteiger partial charge in [-0.15, -0.1) is 0 Å². The van der Waals surface area contributed by atoms with Crippen molar-refractivity contribution in [1.29, 1.82) is 0 Å². The Morgan fingerprint density at radius 2 is 2.10 bits per heavy atom. The van der Waals surface area contributed by atoms with Crippen molar-refractivity contribution in [2.45, 2.75) is 38.0 Å². The van der Waals surface area contributed by atoms with Crippen LogP contribution in [-0.2, 0) is 4.74 Å². The quantitative estimate of drug-likeness (QED) is 0.573. The van der Waals surface area contributed by atoms with Crippen LogP contribution in [0.1, 0.15) is 25.7 Å². The molecule has 0 amide bonds. The van der Waals surface area contributed by atoms with Gasteiger partial charge in [-0.05, 0) is 32.7 Å². The van der Waals surface area contributed by atoms with Gasteiger partial charge in [0.25, 0.3) is 0 Å². The second-order valence-electron chi connectivity index (χ2n) is 3.41. The predicted molar refractivity (Wildman–Crippen MR) is 39.8 cm³/mol. The molecule has 1 aliphatic carbocycles. The highest BCUT2D eigenvalue weighted by Crippen LogP contribution is 2.28. The summed E-state index contributed by atoms with van der Waals surface area (Å²) >= 11 is 0. The number of hydrogen-bond donors (Lipinski definition) is 0. The Kier molecular flexibility index (Phi) is 1.66. The number of nitrogens with zero attached hydrogens (tertiary/aromatic N) is 1. The maximum atomic E-state index is 5.76. The summed E-state index contributed by atoms with van der Waals surface area (Å²) in [5, 5.41) is 0. The lowest BCUT2D eigenvalue weighted by atomic mass is 10.4. The predicted octanol–water partition coefficient (Wildman–Crippen LogP) is 1.22. The molecule has 0 bridgehead atoms. The van der Waals surface area contributed by atoms with E-state index in [1.807, 2.05) is 0 Å². The van der Waals surface area contributed by atoms with Gasteiger partial charge in [-0.1, -0.05) is 0 Å². The Hall–Kier alpha value is -0.0800. The minimum atomic E-state index is 0.451. The van der Waals surface area contributed by atoms with Gasteiger partial charge in [-0.3, -0.25) is 4.90 Å². The average Bonchev–Trinajstić information content (AvgIpc) is 2.62. The van der Waals surface area contributed by atoms with Gasteiger partial charge in [0.05, 0.1) is 6.10 Å². The Bertz CT molecular complexity index is 122. The monoisotopic (exact) mass is 141 g/mol. The zero-order valence-corrected chi connectivity index (χ0v) is 6.55. The van der Waals surface area contributed by atoms with Crippen molar-refractivity contribution in [3.63, 3.8) is 0 Å². The topological polar surface area (TPSA) is 12.5 Å². The van der Waals surface area contributed by atoms with Crippen LogP contribution in [-0.4, -0.2) is 30.8 Å². The smallest absolute Gasteiger partial charge is 0.110 e. The lowest BCUT2D eigenvalue weighted by Crippen LogP contribution is -2.28. The molecule has 1 unspecified atom stereocenters. The van der Waals surface area contributed by atoms with Crippen LogP contribution in [0.3, 0.4) is 0 Å². The zero-order valence-electron chi connectivity index (χ0n) is 6.55. The van der Waals surface area contributed by atoms with Crippen LogP contribution >= 0.6 is 0 Å². The number of hydrogen-bond acceptors (Lipinski definition) is 2. The van der Waals surface area contributed by atoms with E-state index in [0.29, 0.717) is 12.3 Å². The molecule has 2 aliphatic rings. The average molecular weight is 141 g/mol. The molecule has 0 aromatic heterocycles. The first-order chi connectivity index (χ1) is 4.86. The van der Waals surface area contributed by atoms with Gasteiger partial charge in [0.1, 0.15) is 6.23 Å². The van der Waals surface area contributed by atoms with Crippen LogP contribution in [0, 0.1) is 0 Å². The fourth-order valence-electron chi connectivity index (χ4n) is 1.48. The van der Waals surface area contributed by atoms with Crippen molar-refractivity contribution in [2.75, 3.05) is 13.6 Å². The van der Waals surface area contributed by atoms with E-state index in [1.54, 1.807) is 0 Å². The largest absolute Gasteiger partial charge is 0.360 e. The molecular formula is C8H15NO. The van der Waals surface area contributed by atoms with E-state index >= 15 is 0 Å². The lowest BCUT2D eigenvalue weighted by Gasteiger charge is -2.19. The normalized spacial score (nSPS) is 35.1. The van der Waals surface area contributed by atoms with Crippen molar-refractivity contribution in [2.24, 2.45) is 0 Å². The van der Waals surface area contributed by atoms with E-state index in [-0.39, 0.29) is 0 Å². The van der Waals surface area contributed by atoms with Gasteiger partial charge in [-0.2, -0.15) is 0 Å². The molecular weight excluding hydrogens is 126 g/mol. The number of ether oxygens (including phenoxy) is 1. The maximum absolute atomic E-state index is 5.76. The first-order valence-electron chi connectivity index (χ1n) is 4.22. The molecule has 0 spiro atoms. The van der Waals surface area contributed by atoms with E-state index in [9.17, 15) is 0 Å². The van der Waals surface area contributed by atoms with Crippen LogP contribution in [0.4, 0.5) is 0 Å². The highest BCUT2D eigenvalue weighted by atomic mass is 16.5. The summed E-state index contributed by atoms with van der Waals surface area (Å²) in [6.07, 6.45) is 6.22. The van der Waals surface area contributed by atoms with Gasteiger partial charge in [0.15, 0.2) is 0 Å². The van der Waals surface area contributed by atoms with Crippen molar-refractivity contribution in [3.05, 3.63) is 0 Å². The third kappa shape index (κ3) is 1.32. The molecule has 1 aliphatic heterocycles. The third-order valence-electron chi connectivity index (χ3n) is 2.33. The fraction of sp³-hybridized carbons (Fsp3) is 1.00. The van der Waals surface area contributed by atoms with Crippen LogP contribution in [0.2, 0.25) is 0 Å². The molecule has 2 heteroatoms. The highest BCUT2D eigenvalue weighted by molar-refractivity contribution is 4.77. The summed E-state index contributed by atoms with van der Waals surface area (Å²) in [5.74, 6) is 0. The van der Waals surface area contributed by atoms with Crippen LogP contribution in [0.25, 0.3) is 0 Å². The summed E-state index contributed by atoms with van der Waals surface area (Å²) < 4.78 is 5.76. The summed E-state index contributed by atoms with van der Waals surface area (Å²) in [7, 11) is 2.15. The molecule has 0 aromatic carbocycles. The van der Waals surface area contributed by atoms with Gasteiger partial charge in [-0.25, -0.2) is 0 Å². The Labute approximate surface area is 62.2 Å². The van der Waals surface area contributed by atoms with Gasteiger partial charge >= 0.3 is 0 Å². The molecule has 2 nitrogen and oxygen atoms in total. The highest BCUT2D eigenvalue weighted by Gasteiger charge is 2.30. The summed E-state index contributed by atoms with van der Waals surface area (Å²) in [4.78, 5) is 2.32. The van der Waals surface area contributed by atoms with Crippen LogP contribution in [0.15, 0.2) is 0 Å². The summed E-state index contributed by atoms with van der Waals surface area (Å²) in [5.41, 5.74) is 0. The Balaban J connectivity index is 1.79. The van der Waals surface area contributed by atoms with E-state index in [0.717, 1.165) is 0 Å². The number of rotatable bonds is 2. The van der Waals surface area contributed by atoms with E-state index in [4.69, 9.17) is 4.74 Å². The molecule has 0 aromatic rings. The molecule has 10 heavy (non-hydrogen) atoms. The van der Waals surface area contributed by atoms with Crippen molar-refractivity contribution in [1.82, 2.24) is 4.90 Å². The van der Waals surface area contributed by atoms with Crippen molar-refractivity contribution >= 4 is 0 Å². The van der Waals surface area contributed by atoms with Crippen molar-refractivity contribution < 1.29 is 4.74 Å². The Morgan fingerprint density at radius 3 is 2.60 bits per heavy atom.